The van der Waals surface area contributed by atoms with E-state index in [-0.39, 0.29) is 33.5 Å². The molecule has 1 unspecified atom stereocenters. The standard InChI is InChI=1S/C22H23NO4Se/c1-2-26-21(25)22(28-18-11-7-4-8-12-18)14-13-17-15-27-19(23(17)20(22)24)16-9-5-3-6-10-16/h3-12,17,19H,2,13-15H2,1H3/t17-,19+,22?/m0/s1. The van der Waals surface area contributed by atoms with Gasteiger partial charge in [0, 0.05) is 0 Å². The molecule has 2 aliphatic heterocycles. The van der Waals surface area contributed by atoms with Crippen LogP contribution in [-0.2, 0) is 19.1 Å². The van der Waals surface area contributed by atoms with Gasteiger partial charge in [0.25, 0.3) is 0 Å². The summed E-state index contributed by atoms with van der Waals surface area (Å²) in [6.45, 7) is 2.55. The number of carbonyl (C=O) groups is 2. The topological polar surface area (TPSA) is 55.8 Å². The fourth-order valence-electron chi connectivity index (χ4n) is 3.87. The van der Waals surface area contributed by atoms with Crippen LogP contribution >= 0.6 is 0 Å². The molecule has 2 heterocycles. The van der Waals surface area contributed by atoms with E-state index in [1.807, 2.05) is 60.7 Å². The van der Waals surface area contributed by atoms with Gasteiger partial charge in [-0.25, -0.2) is 0 Å². The zero-order chi connectivity index (χ0) is 19.6. The number of nitrogens with zero attached hydrogens (tertiary/aromatic N) is 1. The summed E-state index contributed by atoms with van der Waals surface area (Å²) >= 11 is -0.369. The minimum absolute atomic E-state index is 0.00633. The van der Waals surface area contributed by atoms with E-state index in [2.05, 4.69) is 0 Å². The first-order chi connectivity index (χ1) is 13.7. The summed E-state index contributed by atoms with van der Waals surface area (Å²) in [7, 11) is 0. The van der Waals surface area contributed by atoms with E-state index in [1.54, 1.807) is 11.8 Å². The van der Waals surface area contributed by atoms with Gasteiger partial charge in [-0.2, -0.15) is 0 Å². The maximum atomic E-state index is 13.8. The molecule has 2 saturated heterocycles. The van der Waals surface area contributed by atoms with E-state index >= 15 is 0 Å². The van der Waals surface area contributed by atoms with Crippen molar-refractivity contribution < 1.29 is 19.1 Å². The number of fused-ring (bicyclic) bond motifs is 1. The second-order valence-electron chi connectivity index (χ2n) is 6.96. The molecule has 2 aromatic rings. The average molecular weight is 444 g/mol. The molecule has 0 radical (unpaired) electrons. The van der Waals surface area contributed by atoms with Crippen LogP contribution in [0.4, 0.5) is 0 Å². The van der Waals surface area contributed by atoms with E-state index in [1.165, 1.54) is 0 Å². The number of rotatable bonds is 5. The Bertz CT molecular complexity index is 844. The summed E-state index contributed by atoms with van der Waals surface area (Å²) in [5.41, 5.74) is 0.935. The maximum absolute atomic E-state index is 13.8. The molecular weight excluding hydrogens is 421 g/mol. The number of carbonyl (C=O) groups excluding carboxylic acids is 2. The van der Waals surface area contributed by atoms with Crippen molar-refractivity contribution >= 4 is 31.3 Å². The van der Waals surface area contributed by atoms with E-state index in [9.17, 15) is 9.59 Å². The molecule has 2 aromatic carbocycles. The Balaban J connectivity index is 1.70. The van der Waals surface area contributed by atoms with Crippen LogP contribution in [0.5, 0.6) is 0 Å². The first kappa shape index (κ1) is 19.2. The van der Waals surface area contributed by atoms with Gasteiger partial charge in [0.1, 0.15) is 0 Å². The Labute approximate surface area is 171 Å². The molecule has 5 nitrogen and oxygen atoms in total. The predicted octanol–water partition coefficient (Wildman–Crippen LogP) is 2.46. The van der Waals surface area contributed by atoms with Crippen LogP contribution in [0.2, 0.25) is 4.31 Å². The summed E-state index contributed by atoms with van der Waals surface area (Å²) < 4.78 is 11.3. The third-order valence-corrected chi connectivity index (χ3v) is 8.17. The molecule has 4 rings (SSSR count). The first-order valence-electron chi connectivity index (χ1n) is 9.56. The summed E-state index contributed by atoms with van der Waals surface area (Å²) in [6.07, 6.45) is 0.799. The van der Waals surface area contributed by atoms with Crippen molar-refractivity contribution in [2.75, 3.05) is 13.2 Å². The van der Waals surface area contributed by atoms with Crippen LogP contribution in [0.1, 0.15) is 31.6 Å². The second kappa shape index (κ2) is 8.08. The van der Waals surface area contributed by atoms with Gasteiger partial charge >= 0.3 is 171 Å². The van der Waals surface area contributed by atoms with Gasteiger partial charge < -0.3 is 0 Å². The van der Waals surface area contributed by atoms with Crippen molar-refractivity contribution in [1.29, 1.82) is 0 Å². The zero-order valence-electron chi connectivity index (χ0n) is 15.7. The van der Waals surface area contributed by atoms with Crippen LogP contribution < -0.4 is 4.46 Å². The number of benzene rings is 2. The molecular formula is C22H23NO4Se. The van der Waals surface area contributed by atoms with Crippen molar-refractivity contribution in [2.45, 2.75) is 36.3 Å². The van der Waals surface area contributed by atoms with Gasteiger partial charge in [0.2, 0.25) is 0 Å². The number of ether oxygens (including phenoxy) is 2. The molecule has 0 N–H and O–H groups in total. The van der Waals surface area contributed by atoms with Crippen molar-refractivity contribution in [3.63, 3.8) is 0 Å². The molecule has 0 saturated carbocycles. The van der Waals surface area contributed by atoms with Crippen molar-refractivity contribution in [1.82, 2.24) is 4.90 Å². The van der Waals surface area contributed by atoms with Gasteiger partial charge in [0.05, 0.1) is 0 Å². The number of hydrogen-bond donors (Lipinski definition) is 0. The number of amides is 1. The summed E-state index contributed by atoms with van der Waals surface area (Å²) in [5, 5.41) is 0. The number of hydrogen-bond acceptors (Lipinski definition) is 4. The van der Waals surface area contributed by atoms with E-state index < -0.39 is 16.5 Å². The van der Waals surface area contributed by atoms with Gasteiger partial charge in [-0.1, -0.05) is 0 Å². The quantitative estimate of drug-likeness (QED) is 0.404. The fraction of sp³-hybridized carbons (Fsp3) is 0.364. The second-order valence-corrected chi connectivity index (χ2v) is 9.84. The summed E-state index contributed by atoms with van der Waals surface area (Å²) in [4.78, 5) is 28.7. The molecule has 3 atom stereocenters. The molecule has 6 heteroatoms. The van der Waals surface area contributed by atoms with Gasteiger partial charge in [0.15, 0.2) is 0 Å². The van der Waals surface area contributed by atoms with E-state index in [0.29, 0.717) is 13.0 Å². The molecule has 0 aliphatic carbocycles. The van der Waals surface area contributed by atoms with Crippen LogP contribution in [0.15, 0.2) is 60.7 Å². The fourth-order valence-corrected chi connectivity index (χ4v) is 6.50. The molecule has 28 heavy (non-hydrogen) atoms. The Morgan fingerprint density at radius 3 is 2.54 bits per heavy atom. The van der Waals surface area contributed by atoms with Gasteiger partial charge in [-0.05, 0) is 0 Å². The predicted molar refractivity (Wildman–Crippen MR) is 106 cm³/mol. The molecule has 146 valence electrons. The Kier molecular flexibility index (Phi) is 5.53. The molecule has 1 amide bonds. The van der Waals surface area contributed by atoms with Gasteiger partial charge in [-0.15, -0.1) is 0 Å². The Morgan fingerprint density at radius 1 is 1.18 bits per heavy atom. The minimum atomic E-state index is -1.14. The number of piperidine rings is 1. The Morgan fingerprint density at radius 2 is 1.86 bits per heavy atom. The summed E-state index contributed by atoms with van der Waals surface area (Å²) in [5.74, 6) is -0.557. The molecule has 0 spiro atoms. The average Bonchev–Trinajstić information content (AvgIpc) is 3.16. The van der Waals surface area contributed by atoms with E-state index in [0.717, 1.165) is 16.4 Å². The van der Waals surface area contributed by atoms with Crippen LogP contribution in [0.25, 0.3) is 0 Å². The van der Waals surface area contributed by atoms with Crippen molar-refractivity contribution in [3.8, 4) is 0 Å². The van der Waals surface area contributed by atoms with Crippen LogP contribution in [0.3, 0.4) is 0 Å². The monoisotopic (exact) mass is 445 g/mol. The van der Waals surface area contributed by atoms with E-state index in [4.69, 9.17) is 9.47 Å². The van der Waals surface area contributed by atoms with Crippen molar-refractivity contribution in [3.05, 3.63) is 66.2 Å². The molecule has 0 bridgehead atoms. The Hall–Kier alpha value is -2.14. The molecule has 0 aromatic heterocycles. The zero-order valence-corrected chi connectivity index (χ0v) is 17.5. The summed E-state index contributed by atoms with van der Waals surface area (Å²) in [6, 6.07) is 19.5. The first-order valence-corrected chi connectivity index (χ1v) is 11.3. The van der Waals surface area contributed by atoms with Gasteiger partial charge in [-0.3, -0.25) is 0 Å². The number of esters is 1. The third-order valence-electron chi connectivity index (χ3n) is 5.23. The SMILES string of the molecule is CCOC(=O)C1([Se]c2ccccc2)CC[C@H]2CO[C@H](c3ccccc3)N2C1=O. The third kappa shape index (κ3) is 3.37. The molecule has 2 aliphatic rings. The van der Waals surface area contributed by atoms with Crippen molar-refractivity contribution in [2.24, 2.45) is 0 Å². The van der Waals surface area contributed by atoms with Crippen LogP contribution in [-0.4, -0.2) is 51.0 Å². The molecule has 2 fully saturated rings. The normalized spacial score (nSPS) is 26.8. The van der Waals surface area contributed by atoms with Crippen LogP contribution in [0, 0.1) is 0 Å².